The van der Waals surface area contributed by atoms with Gasteiger partial charge in [0.2, 0.25) is 5.91 Å². The minimum atomic E-state index is -0.708. The number of rotatable bonds is 3. The van der Waals surface area contributed by atoms with Crippen LogP contribution in [0.2, 0.25) is 0 Å². The highest BCUT2D eigenvalue weighted by atomic mass is 16.3. The normalized spacial score (nSPS) is 16.5. The van der Waals surface area contributed by atoms with Crippen LogP contribution in [0.1, 0.15) is 53.9 Å². The van der Waals surface area contributed by atoms with E-state index in [1.54, 1.807) is 24.0 Å². The number of hydrogen-bond donors (Lipinski definition) is 2. The third-order valence-electron chi connectivity index (χ3n) is 4.73. The van der Waals surface area contributed by atoms with E-state index in [1.165, 1.54) is 0 Å². The molecule has 136 valence electrons. The Kier molecular flexibility index (Phi) is 4.48. The van der Waals surface area contributed by atoms with E-state index >= 15 is 0 Å². The van der Waals surface area contributed by atoms with E-state index in [1.807, 2.05) is 51.1 Å². The number of phenols is 1. The number of phenolic OH excluding ortho intramolecular Hbond substituents is 1. The van der Waals surface area contributed by atoms with Crippen LogP contribution in [-0.4, -0.2) is 27.4 Å². The van der Waals surface area contributed by atoms with Gasteiger partial charge in [0.25, 0.3) is 5.91 Å². The average molecular weight is 352 g/mol. The lowest BCUT2D eigenvalue weighted by Gasteiger charge is -2.36. The number of nitrogens with one attached hydrogen (secondary N) is 1. The lowest BCUT2D eigenvalue weighted by molar-refractivity contribution is -0.127. The zero-order valence-corrected chi connectivity index (χ0v) is 15.5. The van der Waals surface area contributed by atoms with Gasteiger partial charge in [0.05, 0.1) is 5.56 Å². The van der Waals surface area contributed by atoms with Gasteiger partial charge in [-0.1, -0.05) is 36.4 Å². The predicted molar refractivity (Wildman–Crippen MR) is 99.8 cm³/mol. The summed E-state index contributed by atoms with van der Waals surface area (Å²) in [5, 5.41) is 12.9. The Bertz CT molecular complexity index is 854. The van der Waals surface area contributed by atoms with Crippen molar-refractivity contribution in [3.63, 3.8) is 0 Å². The van der Waals surface area contributed by atoms with Crippen molar-refractivity contribution < 1.29 is 14.7 Å². The van der Waals surface area contributed by atoms with Gasteiger partial charge < -0.3 is 15.3 Å². The second kappa shape index (κ2) is 6.48. The Labute approximate surface area is 153 Å². The van der Waals surface area contributed by atoms with Gasteiger partial charge in [0.1, 0.15) is 11.8 Å². The molecule has 1 aliphatic rings. The summed E-state index contributed by atoms with van der Waals surface area (Å²) in [6, 6.07) is 12.2. The van der Waals surface area contributed by atoms with Crippen molar-refractivity contribution in [2.75, 3.05) is 0 Å². The lowest BCUT2D eigenvalue weighted by atomic mass is 9.98. The second-order valence-corrected chi connectivity index (χ2v) is 7.63. The van der Waals surface area contributed by atoms with Gasteiger partial charge in [0, 0.05) is 17.6 Å². The Hall–Kier alpha value is -2.82. The van der Waals surface area contributed by atoms with Crippen molar-refractivity contribution in [3.8, 4) is 5.75 Å². The highest BCUT2D eigenvalue weighted by molar-refractivity contribution is 6.06. The van der Waals surface area contributed by atoms with Gasteiger partial charge in [-0.15, -0.1) is 0 Å². The molecule has 0 spiro atoms. The number of hydrogen-bond acceptors (Lipinski definition) is 3. The molecule has 1 atom stereocenters. The molecule has 2 aromatic rings. The molecule has 1 heterocycles. The quantitative estimate of drug-likeness (QED) is 0.890. The summed E-state index contributed by atoms with van der Waals surface area (Å²) in [6.45, 7) is 7.82. The molecule has 2 N–H and O–H groups in total. The van der Waals surface area contributed by atoms with E-state index in [0.29, 0.717) is 23.2 Å². The van der Waals surface area contributed by atoms with Gasteiger partial charge in [-0.05, 0) is 44.9 Å². The molecule has 0 radical (unpaired) electrons. The zero-order valence-electron chi connectivity index (χ0n) is 15.5. The third-order valence-corrected chi connectivity index (χ3v) is 4.73. The van der Waals surface area contributed by atoms with Crippen LogP contribution < -0.4 is 5.32 Å². The number of carbonyl (C=O) groups excluding carboxylic acids is 2. The molecule has 0 fully saturated rings. The van der Waals surface area contributed by atoms with E-state index in [2.05, 4.69) is 5.32 Å². The van der Waals surface area contributed by atoms with Crippen LogP contribution in [0.3, 0.4) is 0 Å². The van der Waals surface area contributed by atoms with Crippen molar-refractivity contribution in [1.29, 1.82) is 0 Å². The number of nitrogens with zero attached hydrogens (tertiary/aromatic N) is 1. The molecule has 26 heavy (non-hydrogen) atoms. The van der Waals surface area contributed by atoms with Crippen LogP contribution in [0, 0.1) is 6.92 Å². The Balaban J connectivity index is 1.96. The van der Waals surface area contributed by atoms with E-state index in [-0.39, 0.29) is 17.6 Å². The molecule has 1 aliphatic heterocycles. The first kappa shape index (κ1) is 18.0. The Morgan fingerprint density at radius 3 is 2.42 bits per heavy atom. The average Bonchev–Trinajstić information content (AvgIpc) is 2.90. The van der Waals surface area contributed by atoms with Gasteiger partial charge in [0.15, 0.2) is 0 Å². The lowest BCUT2D eigenvalue weighted by Crippen LogP contribution is -2.48. The van der Waals surface area contributed by atoms with E-state index in [0.717, 1.165) is 5.56 Å². The summed E-state index contributed by atoms with van der Waals surface area (Å²) in [7, 11) is 0. The monoisotopic (exact) mass is 352 g/mol. The van der Waals surface area contributed by atoms with E-state index in [9.17, 15) is 14.7 Å². The number of aromatic hydroxyl groups is 1. The first-order valence-corrected chi connectivity index (χ1v) is 8.69. The molecule has 0 aromatic heterocycles. The topological polar surface area (TPSA) is 69.6 Å². The van der Waals surface area contributed by atoms with Gasteiger partial charge in [-0.25, -0.2) is 0 Å². The van der Waals surface area contributed by atoms with Crippen LogP contribution in [0.5, 0.6) is 5.75 Å². The molecule has 0 unspecified atom stereocenters. The highest BCUT2D eigenvalue weighted by Crippen LogP contribution is 2.42. The summed E-state index contributed by atoms with van der Waals surface area (Å²) in [6.07, 6.45) is 0. The van der Waals surface area contributed by atoms with Gasteiger partial charge in [-0.3, -0.25) is 9.59 Å². The van der Waals surface area contributed by atoms with Crippen LogP contribution in [-0.2, 0) is 11.3 Å². The Morgan fingerprint density at radius 2 is 1.81 bits per heavy atom. The fourth-order valence-electron chi connectivity index (χ4n) is 3.44. The fourth-order valence-corrected chi connectivity index (χ4v) is 3.44. The molecule has 0 aliphatic carbocycles. The zero-order chi connectivity index (χ0) is 19.1. The van der Waals surface area contributed by atoms with Crippen LogP contribution >= 0.6 is 0 Å². The van der Waals surface area contributed by atoms with Crippen molar-refractivity contribution in [2.45, 2.75) is 45.8 Å². The summed E-state index contributed by atoms with van der Waals surface area (Å²) in [5.74, 6) is -0.377. The standard InChI is InChI=1S/C21H24N2O3/c1-13-16(24)11-10-15-17(13)20(26)23(21(2,3)4)18(15)19(25)22-12-14-8-6-5-7-9-14/h5-11,18,24H,12H2,1-4H3,(H,22,25)/t18-/m0/s1. The van der Waals surface area contributed by atoms with Crippen LogP contribution in [0.4, 0.5) is 0 Å². The number of amides is 2. The molecule has 2 amide bonds. The first-order valence-electron chi connectivity index (χ1n) is 8.69. The molecule has 5 nitrogen and oxygen atoms in total. The summed E-state index contributed by atoms with van der Waals surface area (Å²) < 4.78 is 0. The number of benzene rings is 2. The van der Waals surface area contributed by atoms with E-state index < -0.39 is 11.6 Å². The Morgan fingerprint density at radius 1 is 1.15 bits per heavy atom. The summed E-state index contributed by atoms with van der Waals surface area (Å²) in [4.78, 5) is 27.7. The molecule has 0 saturated heterocycles. The van der Waals surface area contributed by atoms with Crippen molar-refractivity contribution in [1.82, 2.24) is 10.2 Å². The number of fused-ring (bicyclic) bond motifs is 1. The van der Waals surface area contributed by atoms with Gasteiger partial charge >= 0.3 is 0 Å². The molecule has 2 aromatic carbocycles. The minimum absolute atomic E-state index is 0.0660. The summed E-state index contributed by atoms with van der Waals surface area (Å²) in [5.41, 5.74) is 2.05. The molecular weight excluding hydrogens is 328 g/mol. The fraction of sp³-hybridized carbons (Fsp3) is 0.333. The smallest absolute Gasteiger partial charge is 0.256 e. The summed E-state index contributed by atoms with van der Waals surface area (Å²) >= 11 is 0. The molecule has 0 bridgehead atoms. The molecule has 5 heteroatoms. The number of carbonyl (C=O) groups is 2. The minimum Gasteiger partial charge on any atom is -0.508 e. The molecular formula is C21H24N2O3. The van der Waals surface area contributed by atoms with Crippen molar-refractivity contribution in [2.24, 2.45) is 0 Å². The SMILES string of the molecule is Cc1c(O)ccc2c1C(=O)N(C(C)(C)C)[C@@H]2C(=O)NCc1ccccc1. The molecule has 3 rings (SSSR count). The predicted octanol–water partition coefficient (Wildman–Crippen LogP) is 3.31. The maximum atomic E-state index is 13.0. The van der Waals surface area contributed by atoms with Gasteiger partial charge in [-0.2, -0.15) is 0 Å². The third kappa shape index (κ3) is 3.05. The van der Waals surface area contributed by atoms with Crippen molar-refractivity contribution in [3.05, 3.63) is 64.7 Å². The van der Waals surface area contributed by atoms with E-state index in [4.69, 9.17) is 0 Å². The highest BCUT2D eigenvalue weighted by Gasteiger charge is 2.47. The van der Waals surface area contributed by atoms with Crippen LogP contribution in [0.15, 0.2) is 42.5 Å². The van der Waals surface area contributed by atoms with Crippen LogP contribution in [0.25, 0.3) is 0 Å². The van der Waals surface area contributed by atoms with Crippen molar-refractivity contribution >= 4 is 11.8 Å². The maximum Gasteiger partial charge on any atom is 0.256 e. The second-order valence-electron chi connectivity index (χ2n) is 7.63. The molecule has 0 saturated carbocycles. The maximum absolute atomic E-state index is 13.0. The first-order chi connectivity index (χ1) is 12.2. The largest absolute Gasteiger partial charge is 0.508 e.